The standard InChI is InChI=1S/C46H76O13P2/c1-3-5-7-9-11-13-15-17-19-21-23-25-27-29-31-33-35-37-45(48)55-41-44(42-58-61(53,54)57-40-43(47)39-56-60(50,51)52)59-46(49)38-36-34-32-30-28-26-24-22-20-18-16-14-12-10-8-6-4-2/h6,8,11-14,17-20,23-26,29,31,43-44,47H,3-5,7,9-10,15-16,21-22,27-28,30,32-42H2,1-2H3,(H,53,54)(H2,50,51,52)/b8-6-,13-11-,14-12-,19-17-,20-18-,25-23-,26-24-,31-29-/t43-,44+/m0/s1. The molecule has 1 unspecified atom stereocenters. The summed E-state index contributed by atoms with van der Waals surface area (Å²) in [6.07, 6.45) is 48.3. The minimum Gasteiger partial charge on any atom is -0.462 e. The third-order valence-electron chi connectivity index (χ3n) is 8.45. The van der Waals surface area contributed by atoms with Crippen molar-refractivity contribution in [1.82, 2.24) is 0 Å². The molecule has 0 aromatic heterocycles. The van der Waals surface area contributed by atoms with Gasteiger partial charge in [-0.05, 0) is 89.9 Å². The molecule has 4 N–H and O–H groups in total. The molecule has 15 heteroatoms. The molecule has 61 heavy (non-hydrogen) atoms. The minimum atomic E-state index is -4.88. The molecule has 0 radical (unpaired) electrons. The molecular formula is C46H76O13P2. The molecule has 0 bridgehead atoms. The number of aliphatic hydroxyl groups is 1. The predicted molar refractivity (Wildman–Crippen MR) is 243 cm³/mol. The number of allylic oxidation sites excluding steroid dienone is 16. The van der Waals surface area contributed by atoms with Crippen LogP contribution >= 0.6 is 15.6 Å². The third kappa shape index (κ3) is 44.9. The van der Waals surface area contributed by atoms with Gasteiger partial charge in [0.05, 0.1) is 19.8 Å². The number of ether oxygens (including phenoxy) is 2. The van der Waals surface area contributed by atoms with E-state index in [2.05, 4.69) is 108 Å². The number of carbonyl (C=O) groups excluding carboxylic acids is 2. The zero-order valence-electron chi connectivity index (χ0n) is 36.7. The largest absolute Gasteiger partial charge is 0.472 e. The van der Waals surface area contributed by atoms with Gasteiger partial charge in [0.15, 0.2) is 6.10 Å². The summed E-state index contributed by atoms with van der Waals surface area (Å²) < 4.78 is 47.7. The second-order valence-electron chi connectivity index (χ2n) is 14.2. The summed E-state index contributed by atoms with van der Waals surface area (Å²) >= 11 is 0. The van der Waals surface area contributed by atoms with Gasteiger partial charge in [-0.25, -0.2) is 9.13 Å². The zero-order valence-corrected chi connectivity index (χ0v) is 38.5. The maximum absolute atomic E-state index is 12.7. The molecule has 0 aromatic carbocycles. The zero-order chi connectivity index (χ0) is 45.1. The van der Waals surface area contributed by atoms with Crippen LogP contribution in [0.4, 0.5) is 0 Å². The molecule has 0 aliphatic carbocycles. The van der Waals surface area contributed by atoms with Crippen LogP contribution in [0.3, 0.4) is 0 Å². The summed E-state index contributed by atoms with van der Waals surface area (Å²) in [6.45, 7) is 1.51. The highest BCUT2D eigenvalue weighted by Gasteiger charge is 2.28. The number of phosphoric acid groups is 2. The van der Waals surface area contributed by atoms with E-state index in [1.807, 2.05) is 12.2 Å². The molecule has 0 amide bonds. The van der Waals surface area contributed by atoms with Gasteiger partial charge in [0.2, 0.25) is 0 Å². The van der Waals surface area contributed by atoms with Crippen molar-refractivity contribution in [3.63, 3.8) is 0 Å². The van der Waals surface area contributed by atoms with Crippen LogP contribution in [0, 0.1) is 0 Å². The van der Waals surface area contributed by atoms with Gasteiger partial charge in [0, 0.05) is 12.8 Å². The third-order valence-corrected chi connectivity index (χ3v) is 9.88. The highest BCUT2D eigenvalue weighted by Crippen LogP contribution is 2.43. The molecule has 3 atom stereocenters. The first-order chi connectivity index (χ1) is 29.4. The highest BCUT2D eigenvalue weighted by atomic mass is 31.2. The predicted octanol–water partition coefficient (Wildman–Crippen LogP) is 11.3. The van der Waals surface area contributed by atoms with E-state index in [1.165, 1.54) is 19.3 Å². The maximum atomic E-state index is 12.7. The Bertz CT molecular complexity index is 1440. The molecule has 0 rings (SSSR count). The molecular weight excluding hydrogens is 822 g/mol. The SMILES string of the molecule is CC/C=C\C/C=C\C/C=C\C/C=C\CCCCCCC(=O)O[C@H](COC(=O)CCC/C=C\C/C=C\C/C=C\C/C=C\CCCCC)COP(=O)(O)OC[C@@H](O)COP(=O)(O)O. The van der Waals surface area contributed by atoms with Crippen molar-refractivity contribution in [3.8, 4) is 0 Å². The lowest BCUT2D eigenvalue weighted by molar-refractivity contribution is -0.161. The van der Waals surface area contributed by atoms with Crippen LogP contribution in [-0.4, -0.2) is 70.4 Å². The lowest BCUT2D eigenvalue weighted by Gasteiger charge is -2.20. The molecule has 0 aliphatic rings. The molecule has 348 valence electrons. The Kier molecular flexibility index (Phi) is 39.1. The van der Waals surface area contributed by atoms with Gasteiger partial charge in [-0.3, -0.25) is 23.2 Å². The number of aliphatic hydroxyl groups excluding tert-OH is 1. The van der Waals surface area contributed by atoms with E-state index in [0.29, 0.717) is 19.3 Å². The van der Waals surface area contributed by atoms with Crippen LogP contribution in [0.15, 0.2) is 97.2 Å². The van der Waals surface area contributed by atoms with Gasteiger partial charge in [0.1, 0.15) is 12.7 Å². The van der Waals surface area contributed by atoms with E-state index in [-0.39, 0.29) is 12.8 Å². The number of hydrogen-bond acceptors (Lipinski definition) is 10. The molecule has 13 nitrogen and oxygen atoms in total. The lowest BCUT2D eigenvalue weighted by Crippen LogP contribution is -2.30. The van der Waals surface area contributed by atoms with E-state index < -0.39 is 66.2 Å². The fourth-order valence-electron chi connectivity index (χ4n) is 5.15. The van der Waals surface area contributed by atoms with Crippen molar-refractivity contribution in [2.75, 3.05) is 26.4 Å². The Morgan fingerprint density at radius 2 is 0.918 bits per heavy atom. The molecule has 0 aliphatic heterocycles. The normalized spacial score (nSPS) is 14.9. The number of unbranched alkanes of at least 4 members (excludes halogenated alkanes) is 8. The maximum Gasteiger partial charge on any atom is 0.472 e. The van der Waals surface area contributed by atoms with Crippen molar-refractivity contribution in [2.45, 2.75) is 154 Å². The second-order valence-corrected chi connectivity index (χ2v) is 16.9. The Morgan fingerprint density at radius 1 is 0.492 bits per heavy atom. The van der Waals surface area contributed by atoms with Crippen LogP contribution in [0.5, 0.6) is 0 Å². The Balaban J connectivity index is 4.67. The van der Waals surface area contributed by atoms with Gasteiger partial charge in [0.25, 0.3) is 0 Å². The van der Waals surface area contributed by atoms with Crippen molar-refractivity contribution in [3.05, 3.63) is 97.2 Å². The van der Waals surface area contributed by atoms with Crippen LogP contribution < -0.4 is 0 Å². The van der Waals surface area contributed by atoms with E-state index >= 15 is 0 Å². The summed E-state index contributed by atoms with van der Waals surface area (Å²) in [5, 5.41) is 9.75. The summed E-state index contributed by atoms with van der Waals surface area (Å²) in [5.41, 5.74) is 0. The topological polar surface area (TPSA) is 195 Å². The van der Waals surface area contributed by atoms with E-state index in [9.17, 15) is 28.7 Å². The molecule has 0 saturated carbocycles. The van der Waals surface area contributed by atoms with Crippen molar-refractivity contribution in [2.24, 2.45) is 0 Å². The number of rotatable bonds is 40. The molecule has 0 aromatic rings. The second kappa shape index (κ2) is 41.1. The first-order valence-electron chi connectivity index (χ1n) is 21.9. The smallest absolute Gasteiger partial charge is 0.462 e. The first kappa shape index (κ1) is 58.0. The first-order valence-corrected chi connectivity index (χ1v) is 25.0. The number of hydrogen-bond donors (Lipinski definition) is 4. The van der Waals surface area contributed by atoms with Crippen molar-refractivity contribution in [1.29, 1.82) is 0 Å². The van der Waals surface area contributed by atoms with E-state index in [0.717, 1.165) is 77.0 Å². The molecule has 0 heterocycles. The van der Waals surface area contributed by atoms with E-state index in [1.54, 1.807) is 0 Å². The van der Waals surface area contributed by atoms with Gasteiger partial charge < -0.3 is 29.3 Å². The van der Waals surface area contributed by atoms with Crippen molar-refractivity contribution >= 4 is 27.6 Å². The highest BCUT2D eigenvalue weighted by molar-refractivity contribution is 7.47. The minimum absolute atomic E-state index is 0.0859. The fourth-order valence-corrected chi connectivity index (χ4v) is 6.31. The molecule has 0 fully saturated rings. The number of esters is 2. The van der Waals surface area contributed by atoms with Gasteiger partial charge >= 0.3 is 27.6 Å². The lowest BCUT2D eigenvalue weighted by atomic mass is 10.1. The molecule has 0 spiro atoms. The summed E-state index contributed by atoms with van der Waals surface area (Å²) in [6, 6.07) is 0. The monoisotopic (exact) mass is 898 g/mol. The van der Waals surface area contributed by atoms with Crippen LogP contribution in [0.1, 0.15) is 142 Å². The van der Waals surface area contributed by atoms with Crippen molar-refractivity contribution < 1.29 is 61.6 Å². The summed E-state index contributed by atoms with van der Waals surface area (Å²) in [5.74, 6) is -1.13. The quantitative estimate of drug-likeness (QED) is 0.0196. The van der Waals surface area contributed by atoms with Gasteiger partial charge in [-0.1, -0.05) is 137 Å². The fraction of sp³-hybridized carbons (Fsp3) is 0.609. The molecule has 0 saturated heterocycles. The van der Waals surface area contributed by atoms with Crippen LogP contribution in [0.2, 0.25) is 0 Å². The number of phosphoric ester groups is 2. The van der Waals surface area contributed by atoms with Crippen LogP contribution in [-0.2, 0) is 41.8 Å². The van der Waals surface area contributed by atoms with E-state index in [4.69, 9.17) is 23.8 Å². The summed E-state index contributed by atoms with van der Waals surface area (Å²) in [7, 11) is -9.71. The van der Waals surface area contributed by atoms with Gasteiger partial charge in [-0.15, -0.1) is 0 Å². The Hall–Kier alpha value is -2.96. The Morgan fingerprint density at radius 3 is 1.43 bits per heavy atom. The summed E-state index contributed by atoms with van der Waals surface area (Å²) in [4.78, 5) is 52.7. The Labute approximate surface area is 366 Å². The number of carbonyl (C=O) groups is 2. The average molecular weight is 899 g/mol. The van der Waals surface area contributed by atoms with Gasteiger partial charge in [-0.2, -0.15) is 0 Å². The average Bonchev–Trinajstić information content (AvgIpc) is 3.22. The van der Waals surface area contributed by atoms with Crippen LogP contribution in [0.25, 0.3) is 0 Å².